The zero-order valence-corrected chi connectivity index (χ0v) is 12.8. The van der Waals surface area contributed by atoms with E-state index in [0.29, 0.717) is 17.9 Å². The van der Waals surface area contributed by atoms with Gasteiger partial charge in [-0.05, 0) is 43.0 Å². The number of benzene rings is 2. The zero-order valence-electron chi connectivity index (χ0n) is 12.8. The van der Waals surface area contributed by atoms with Crippen LogP contribution in [0.15, 0.2) is 42.5 Å². The lowest BCUT2D eigenvalue weighted by Crippen LogP contribution is -2.01. The van der Waals surface area contributed by atoms with Crippen LogP contribution in [0.4, 0.5) is 0 Å². The van der Waals surface area contributed by atoms with Crippen molar-refractivity contribution in [2.24, 2.45) is 0 Å². The van der Waals surface area contributed by atoms with Crippen LogP contribution in [0.5, 0.6) is 11.5 Å². The van der Waals surface area contributed by atoms with Gasteiger partial charge in [0.15, 0.2) is 0 Å². The average molecular weight is 286 g/mol. The maximum Gasteiger partial charge on any atom is 0.122 e. The molecule has 2 aromatic carbocycles. The molecule has 0 saturated carbocycles. The van der Waals surface area contributed by atoms with Crippen LogP contribution < -0.4 is 9.47 Å². The first kappa shape index (κ1) is 15.4. The van der Waals surface area contributed by atoms with Gasteiger partial charge in [-0.2, -0.15) is 0 Å². The van der Waals surface area contributed by atoms with E-state index in [9.17, 15) is 5.11 Å². The number of hydrogen-bond acceptors (Lipinski definition) is 3. The average Bonchev–Trinajstić information content (AvgIpc) is 2.52. The number of ether oxygens (including phenoxy) is 2. The maximum absolute atomic E-state index is 10.4. The third kappa shape index (κ3) is 4.23. The Bertz CT molecular complexity index is 571. The van der Waals surface area contributed by atoms with Gasteiger partial charge in [-0.25, -0.2) is 0 Å². The van der Waals surface area contributed by atoms with Crippen molar-refractivity contribution in [1.29, 1.82) is 0 Å². The van der Waals surface area contributed by atoms with Crippen LogP contribution in [-0.2, 0) is 6.42 Å². The molecule has 0 fully saturated rings. The summed E-state index contributed by atoms with van der Waals surface area (Å²) in [5, 5.41) is 10.4. The molecule has 0 radical (unpaired) electrons. The zero-order chi connectivity index (χ0) is 15.2. The Kier molecular flexibility index (Phi) is 5.23. The Morgan fingerprint density at radius 3 is 2.24 bits per heavy atom. The number of aliphatic hydroxyl groups is 1. The van der Waals surface area contributed by atoms with Gasteiger partial charge in [-0.1, -0.05) is 29.8 Å². The Morgan fingerprint density at radius 2 is 1.67 bits per heavy atom. The highest BCUT2D eigenvalue weighted by atomic mass is 16.5. The number of aryl methyl sites for hydroxylation is 2. The van der Waals surface area contributed by atoms with Crippen LogP contribution in [0.3, 0.4) is 0 Å². The largest absolute Gasteiger partial charge is 0.497 e. The molecule has 0 amide bonds. The summed E-state index contributed by atoms with van der Waals surface area (Å²) >= 11 is 0. The SMILES string of the molecule is COc1cc(OC)cc(C(O)CCc2cccc(C)c2)c1. The lowest BCUT2D eigenvalue weighted by molar-refractivity contribution is 0.167. The predicted molar refractivity (Wildman–Crippen MR) is 84.0 cm³/mol. The molecule has 21 heavy (non-hydrogen) atoms. The third-order valence-corrected chi connectivity index (χ3v) is 3.55. The standard InChI is InChI=1S/C18H22O3/c1-13-5-4-6-14(9-13)7-8-18(19)15-10-16(20-2)12-17(11-15)21-3/h4-6,9-12,18-19H,7-8H2,1-3H3. The van der Waals surface area contributed by atoms with Gasteiger partial charge in [-0.3, -0.25) is 0 Å². The fraction of sp³-hybridized carbons (Fsp3) is 0.333. The highest BCUT2D eigenvalue weighted by Gasteiger charge is 2.11. The molecule has 1 N–H and O–H groups in total. The van der Waals surface area contributed by atoms with E-state index in [-0.39, 0.29) is 0 Å². The minimum Gasteiger partial charge on any atom is -0.497 e. The molecule has 3 nitrogen and oxygen atoms in total. The summed E-state index contributed by atoms with van der Waals surface area (Å²) in [5.41, 5.74) is 3.30. The molecule has 0 heterocycles. The first-order valence-corrected chi connectivity index (χ1v) is 7.09. The molecule has 0 spiro atoms. The van der Waals surface area contributed by atoms with E-state index in [1.165, 1.54) is 11.1 Å². The Morgan fingerprint density at radius 1 is 1.00 bits per heavy atom. The second-order valence-corrected chi connectivity index (χ2v) is 5.19. The van der Waals surface area contributed by atoms with Crippen molar-refractivity contribution in [2.45, 2.75) is 25.9 Å². The van der Waals surface area contributed by atoms with Crippen LogP contribution in [0.2, 0.25) is 0 Å². The van der Waals surface area contributed by atoms with E-state index in [2.05, 4.69) is 25.1 Å². The summed E-state index contributed by atoms with van der Waals surface area (Å²) in [6.07, 6.45) is 0.969. The van der Waals surface area contributed by atoms with Gasteiger partial charge in [-0.15, -0.1) is 0 Å². The van der Waals surface area contributed by atoms with Crippen LogP contribution in [0, 0.1) is 6.92 Å². The third-order valence-electron chi connectivity index (χ3n) is 3.55. The smallest absolute Gasteiger partial charge is 0.122 e. The normalized spacial score (nSPS) is 12.0. The van der Waals surface area contributed by atoms with Crippen LogP contribution in [-0.4, -0.2) is 19.3 Å². The molecule has 0 saturated heterocycles. The summed E-state index contributed by atoms with van der Waals surface area (Å²) in [5.74, 6) is 1.39. The summed E-state index contributed by atoms with van der Waals surface area (Å²) in [4.78, 5) is 0. The summed E-state index contributed by atoms with van der Waals surface area (Å²) < 4.78 is 10.5. The van der Waals surface area contributed by atoms with Gasteiger partial charge in [0.25, 0.3) is 0 Å². The molecule has 0 aliphatic rings. The Hall–Kier alpha value is -2.00. The topological polar surface area (TPSA) is 38.7 Å². The van der Waals surface area contributed by atoms with E-state index in [1.807, 2.05) is 18.2 Å². The van der Waals surface area contributed by atoms with E-state index in [0.717, 1.165) is 12.0 Å². The lowest BCUT2D eigenvalue weighted by Gasteiger charge is -2.14. The summed E-state index contributed by atoms with van der Waals surface area (Å²) in [6.45, 7) is 2.08. The van der Waals surface area contributed by atoms with Crippen molar-refractivity contribution in [3.63, 3.8) is 0 Å². The minimum atomic E-state index is -0.533. The van der Waals surface area contributed by atoms with E-state index in [1.54, 1.807) is 20.3 Å². The molecule has 0 bridgehead atoms. The Balaban J connectivity index is 2.07. The number of methoxy groups -OCH3 is 2. The van der Waals surface area contributed by atoms with E-state index in [4.69, 9.17) is 9.47 Å². The van der Waals surface area contributed by atoms with Gasteiger partial charge in [0, 0.05) is 6.07 Å². The summed E-state index contributed by atoms with van der Waals surface area (Å²) in [7, 11) is 3.22. The quantitative estimate of drug-likeness (QED) is 0.880. The molecule has 2 aromatic rings. The van der Waals surface area contributed by atoms with Gasteiger partial charge >= 0.3 is 0 Å². The fourth-order valence-electron chi connectivity index (χ4n) is 2.36. The van der Waals surface area contributed by atoms with Gasteiger partial charge in [0.05, 0.1) is 20.3 Å². The van der Waals surface area contributed by atoms with E-state index < -0.39 is 6.10 Å². The van der Waals surface area contributed by atoms with Crippen molar-refractivity contribution in [2.75, 3.05) is 14.2 Å². The molecule has 1 atom stereocenters. The fourth-order valence-corrected chi connectivity index (χ4v) is 2.36. The van der Waals surface area contributed by atoms with Gasteiger partial charge < -0.3 is 14.6 Å². The van der Waals surface area contributed by atoms with Crippen LogP contribution in [0.25, 0.3) is 0 Å². The first-order valence-electron chi connectivity index (χ1n) is 7.09. The van der Waals surface area contributed by atoms with E-state index >= 15 is 0 Å². The Labute approximate surface area is 126 Å². The number of hydrogen-bond donors (Lipinski definition) is 1. The van der Waals surface area contributed by atoms with Crippen LogP contribution >= 0.6 is 0 Å². The predicted octanol–water partition coefficient (Wildman–Crippen LogP) is 3.68. The molecule has 2 rings (SSSR count). The maximum atomic E-state index is 10.4. The minimum absolute atomic E-state index is 0.533. The summed E-state index contributed by atoms with van der Waals surface area (Å²) in [6, 6.07) is 13.9. The molecular formula is C18H22O3. The number of rotatable bonds is 6. The molecule has 0 aliphatic carbocycles. The van der Waals surface area contributed by atoms with Crippen LogP contribution in [0.1, 0.15) is 29.2 Å². The lowest BCUT2D eigenvalue weighted by atomic mass is 10.00. The second kappa shape index (κ2) is 7.14. The molecule has 3 heteroatoms. The van der Waals surface area contributed by atoms with Gasteiger partial charge in [0.2, 0.25) is 0 Å². The van der Waals surface area contributed by atoms with Gasteiger partial charge in [0.1, 0.15) is 11.5 Å². The van der Waals surface area contributed by atoms with Crippen molar-refractivity contribution in [1.82, 2.24) is 0 Å². The monoisotopic (exact) mass is 286 g/mol. The number of aliphatic hydroxyl groups excluding tert-OH is 1. The molecular weight excluding hydrogens is 264 g/mol. The molecule has 112 valence electrons. The van der Waals surface area contributed by atoms with Crippen molar-refractivity contribution in [3.05, 3.63) is 59.2 Å². The van der Waals surface area contributed by atoms with Crippen molar-refractivity contribution in [3.8, 4) is 11.5 Å². The highest BCUT2D eigenvalue weighted by molar-refractivity contribution is 5.39. The molecule has 0 aliphatic heterocycles. The second-order valence-electron chi connectivity index (χ2n) is 5.19. The molecule has 0 aromatic heterocycles. The van der Waals surface area contributed by atoms with Crippen molar-refractivity contribution < 1.29 is 14.6 Å². The van der Waals surface area contributed by atoms with Crippen molar-refractivity contribution >= 4 is 0 Å². The molecule has 1 unspecified atom stereocenters. The first-order chi connectivity index (χ1) is 10.1. The highest BCUT2D eigenvalue weighted by Crippen LogP contribution is 2.28.